The van der Waals surface area contributed by atoms with Gasteiger partial charge in [-0.2, -0.15) is 0 Å². The van der Waals surface area contributed by atoms with Gasteiger partial charge in [-0.05, 0) is 50.0 Å². The van der Waals surface area contributed by atoms with Crippen molar-refractivity contribution in [2.24, 2.45) is 0 Å². The zero-order valence-corrected chi connectivity index (χ0v) is 13.1. The van der Waals surface area contributed by atoms with E-state index in [4.69, 9.17) is 4.74 Å². The van der Waals surface area contributed by atoms with Gasteiger partial charge in [-0.25, -0.2) is 0 Å². The predicted molar refractivity (Wildman–Crippen MR) is 84.5 cm³/mol. The average molecular weight is 290 g/mol. The molecule has 1 aliphatic rings. The molecule has 1 aromatic rings. The molecule has 1 fully saturated rings. The van der Waals surface area contributed by atoms with Gasteiger partial charge in [0.15, 0.2) is 0 Å². The zero-order valence-electron chi connectivity index (χ0n) is 13.1. The molecule has 1 heterocycles. The van der Waals surface area contributed by atoms with E-state index in [1.165, 1.54) is 18.4 Å². The van der Waals surface area contributed by atoms with Crippen LogP contribution in [-0.4, -0.2) is 37.6 Å². The minimum atomic E-state index is 0.143. The Balaban J connectivity index is 2.09. The van der Waals surface area contributed by atoms with Crippen LogP contribution in [0.5, 0.6) is 5.75 Å². The third-order valence-electron chi connectivity index (χ3n) is 4.03. The van der Waals surface area contributed by atoms with Crippen molar-refractivity contribution < 1.29 is 9.53 Å². The maximum atomic E-state index is 11.8. The number of nitrogens with zero attached hydrogens (tertiary/aromatic N) is 1. The van der Waals surface area contributed by atoms with E-state index in [1.54, 1.807) is 7.11 Å². The summed E-state index contributed by atoms with van der Waals surface area (Å²) in [6.45, 7) is 4.91. The molecule has 2 rings (SSSR count). The topological polar surface area (TPSA) is 41.6 Å². The lowest BCUT2D eigenvalue weighted by molar-refractivity contribution is -0.121. The Morgan fingerprint density at radius 2 is 2.14 bits per heavy atom. The van der Waals surface area contributed by atoms with E-state index < -0.39 is 0 Å². The first kappa shape index (κ1) is 15.8. The summed E-state index contributed by atoms with van der Waals surface area (Å²) in [6.07, 6.45) is 3.97. The van der Waals surface area contributed by atoms with Gasteiger partial charge in [-0.3, -0.25) is 9.69 Å². The van der Waals surface area contributed by atoms with E-state index in [-0.39, 0.29) is 11.9 Å². The van der Waals surface area contributed by atoms with Crippen molar-refractivity contribution in [1.82, 2.24) is 10.2 Å². The van der Waals surface area contributed by atoms with Gasteiger partial charge in [0.2, 0.25) is 5.91 Å². The summed E-state index contributed by atoms with van der Waals surface area (Å²) < 4.78 is 5.33. The van der Waals surface area contributed by atoms with Crippen LogP contribution in [0.2, 0.25) is 0 Å². The quantitative estimate of drug-likeness (QED) is 0.839. The first-order chi connectivity index (χ1) is 10.2. The van der Waals surface area contributed by atoms with Crippen molar-refractivity contribution in [3.8, 4) is 5.75 Å². The van der Waals surface area contributed by atoms with Gasteiger partial charge in [0, 0.05) is 13.0 Å². The van der Waals surface area contributed by atoms with Crippen LogP contribution in [0.15, 0.2) is 24.3 Å². The van der Waals surface area contributed by atoms with Crippen LogP contribution in [0.1, 0.15) is 44.2 Å². The average Bonchev–Trinajstić information content (AvgIpc) is 3.02. The third kappa shape index (κ3) is 4.46. The normalized spacial score (nSPS) is 16.7. The number of hydrogen-bond donors (Lipinski definition) is 1. The van der Waals surface area contributed by atoms with Crippen molar-refractivity contribution >= 4 is 5.91 Å². The SMILES string of the molecule is CCCC(=O)NCC(c1cccc(OC)c1)N1CCCC1. The highest BCUT2D eigenvalue weighted by Gasteiger charge is 2.24. The van der Waals surface area contributed by atoms with Crippen molar-refractivity contribution in [2.75, 3.05) is 26.7 Å². The summed E-state index contributed by atoms with van der Waals surface area (Å²) in [4.78, 5) is 14.2. The zero-order chi connectivity index (χ0) is 15.1. The molecule has 1 aromatic carbocycles. The van der Waals surface area contributed by atoms with Crippen LogP contribution in [0.3, 0.4) is 0 Å². The second-order valence-electron chi connectivity index (χ2n) is 5.59. The monoisotopic (exact) mass is 290 g/mol. The highest BCUT2D eigenvalue weighted by Crippen LogP contribution is 2.27. The predicted octanol–water partition coefficient (Wildman–Crippen LogP) is 2.75. The first-order valence-electron chi connectivity index (χ1n) is 7.89. The Morgan fingerprint density at radius 3 is 2.81 bits per heavy atom. The van der Waals surface area contributed by atoms with Gasteiger partial charge in [0.25, 0.3) is 0 Å². The van der Waals surface area contributed by atoms with E-state index in [1.807, 2.05) is 19.1 Å². The number of methoxy groups -OCH3 is 1. The van der Waals surface area contributed by atoms with Gasteiger partial charge in [-0.15, -0.1) is 0 Å². The van der Waals surface area contributed by atoms with Crippen molar-refractivity contribution in [3.63, 3.8) is 0 Å². The van der Waals surface area contributed by atoms with E-state index in [0.717, 1.165) is 25.3 Å². The van der Waals surface area contributed by atoms with Crippen molar-refractivity contribution in [2.45, 2.75) is 38.6 Å². The lowest BCUT2D eigenvalue weighted by Gasteiger charge is -2.28. The number of benzene rings is 1. The molecule has 1 saturated heterocycles. The molecule has 0 bridgehead atoms. The van der Waals surface area contributed by atoms with Crippen LogP contribution in [0.25, 0.3) is 0 Å². The number of ether oxygens (including phenoxy) is 1. The van der Waals surface area contributed by atoms with Crippen LogP contribution in [-0.2, 0) is 4.79 Å². The van der Waals surface area contributed by atoms with Crippen LogP contribution >= 0.6 is 0 Å². The third-order valence-corrected chi connectivity index (χ3v) is 4.03. The summed E-state index contributed by atoms with van der Waals surface area (Å²) >= 11 is 0. The second kappa shape index (κ2) is 8.03. The molecule has 1 unspecified atom stereocenters. The fraction of sp³-hybridized carbons (Fsp3) is 0.588. The van der Waals surface area contributed by atoms with Crippen LogP contribution in [0, 0.1) is 0 Å². The Hall–Kier alpha value is -1.55. The summed E-state index contributed by atoms with van der Waals surface area (Å²) in [5.74, 6) is 1.01. The van der Waals surface area contributed by atoms with Gasteiger partial charge < -0.3 is 10.1 Å². The molecule has 21 heavy (non-hydrogen) atoms. The van der Waals surface area contributed by atoms with E-state index in [2.05, 4.69) is 22.3 Å². The van der Waals surface area contributed by atoms with E-state index in [9.17, 15) is 4.79 Å². The van der Waals surface area contributed by atoms with Gasteiger partial charge in [-0.1, -0.05) is 19.1 Å². The first-order valence-corrected chi connectivity index (χ1v) is 7.89. The molecule has 116 valence electrons. The van der Waals surface area contributed by atoms with E-state index >= 15 is 0 Å². The number of hydrogen-bond acceptors (Lipinski definition) is 3. The van der Waals surface area contributed by atoms with Crippen molar-refractivity contribution in [3.05, 3.63) is 29.8 Å². The fourth-order valence-electron chi connectivity index (χ4n) is 2.89. The number of likely N-dealkylation sites (tertiary alicyclic amines) is 1. The lowest BCUT2D eigenvalue weighted by atomic mass is 10.0. The standard InChI is InChI=1S/C17H26N2O2/c1-3-7-17(20)18-13-16(19-10-4-5-11-19)14-8-6-9-15(12-14)21-2/h6,8-9,12,16H,3-5,7,10-11,13H2,1-2H3,(H,18,20). The summed E-state index contributed by atoms with van der Waals surface area (Å²) in [5, 5.41) is 3.08. The number of rotatable bonds is 7. The molecule has 0 aromatic heterocycles. The molecular formula is C17H26N2O2. The van der Waals surface area contributed by atoms with E-state index in [0.29, 0.717) is 13.0 Å². The molecule has 4 nitrogen and oxygen atoms in total. The van der Waals surface area contributed by atoms with Gasteiger partial charge in [0.05, 0.1) is 13.2 Å². The van der Waals surface area contributed by atoms with Crippen LogP contribution < -0.4 is 10.1 Å². The molecule has 0 saturated carbocycles. The molecular weight excluding hydrogens is 264 g/mol. The second-order valence-corrected chi connectivity index (χ2v) is 5.59. The summed E-state index contributed by atoms with van der Waals surface area (Å²) in [6, 6.07) is 8.42. The minimum absolute atomic E-state index is 0.143. The Labute approximate surface area is 127 Å². The van der Waals surface area contributed by atoms with Gasteiger partial charge >= 0.3 is 0 Å². The lowest BCUT2D eigenvalue weighted by Crippen LogP contribution is -2.36. The Morgan fingerprint density at radius 1 is 1.38 bits per heavy atom. The number of nitrogens with one attached hydrogen (secondary N) is 1. The van der Waals surface area contributed by atoms with Crippen molar-refractivity contribution in [1.29, 1.82) is 0 Å². The highest BCUT2D eigenvalue weighted by molar-refractivity contribution is 5.75. The molecule has 1 atom stereocenters. The van der Waals surface area contributed by atoms with Crippen LogP contribution in [0.4, 0.5) is 0 Å². The number of amides is 1. The molecule has 0 aliphatic carbocycles. The molecule has 1 aliphatic heterocycles. The summed E-state index contributed by atoms with van der Waals surface area (Å²) in [7, 11) is 1.69. The molecule has 0 spiro atoms. The maximum absolute atomic E-state index is 11.8. The molecule has 1 N–H and O–H groups in total. The van der Waals surface area contributed by atoms with Gasteiger partial charge in [0.1, 0.15) is 5.75 Å². The molecule has 1 amide bonds. The smallest absolute Gasteiger partial charge is 0.220 e. The maximum Gasteiger partial charge on any atom is 0.220 e. The summed E-state index contributed by atoms with van der Waals surface area (Å²) in [5.41, 5.74) is 1.22. The number of carbonyl (C=O) groups is 1. The number of carbonyl (C=O) groups excluding carboxylic acids is 1. The molecule has 4 heteroatoms. The Bertz CT molecular complexity index is 456. The minimum Gasteiger partial charge on any atom is -0.497 e. The largest absolute Gasteiger partial charge is 0.497 e. The molecule has 0 radical (unpaired) electrons. The Kier molecular flexibility index (Phi) is 6.05. The fourth-order valence-corrected chi connectivity index (χ4v) is 2.89. The highest BCUT2D eigenvalue weighted by atomic mass is 16.5.